The number of pyridine rings is 2. The molecule has 19 heavy (non-hydrogen) atoms. The highest BCUT2D eigenvalue weighted by Crippen LogP contribution is 2.01. The summed E-state index contributed by atoms with van der Waals surface area (Å²) in [5, 5.41) is 2.83. The van der Waals surface area contributed by atoms with Crippen LogP contribution in [-0.2, 0) is 13.0 Å². The average molecular weight is 256 g/mol. The Morgan fingerprint density at radius 3 is 2.89 bits per heavy atom. The lowest BCUT2D eigenvalue weighted by Crippen LogP contribution is -2.26. The summed E-state index contributed by atoms with van der Waals surface area (Å²) in [6.07, 6.45) is 5.86. The van der Waals surface area contributed by atoms with Gasteiger partial charge >= 0.3 is 0 Å². The van der Waals surface area contributed by atoms with E-state index in [1.54, 1.807) is 30.7 Å². The summed E-state index contributed by atoms with van der Waals surface area (Å²) < 4.78 is 0. The molecule has 0 bridgehead atoms. The third kappa shape index (κ3) is 3.86. The number of hydrogen-bond donors (Lipinski definition) is 2. The van der Waals surface area contributed by atoms with E-state index in [2.05, 4.69) is 15.3 Å². The quantitative estimate of drug-likeness (QED) is 0.833. The number of hydrogen-bond acceptors (Lipinski definition) is 4. The molecule has 0 spiro atoms. The Kier molecular flexibility index (Phi) is 4.58. The minimum Gasteiger partial charge on any atom is -0.350 e. The number of nitrogens with two attached hydrogens (primary N) is 1. The fourth-order valence-corrected chi connectivity index (χ4v) is 1.68. The third-order valence-corrected chi connectivity index (χ3v) is 2.71. The molecule has 5 heteroatoms. The van der Waals surface area contributed by atoms with E-state index >= 15 is 0 Å². The normalized spacial score (nSPS) is 10.2. The molecular formula is C14H16N4O. The molecule has 0 aliphatic rings. The van der Waals surface area contributed by atoms with Gasteiger partial charge in [-0.3, -0.25) is 14.8 Å². The van der Waals surface area contributed by atoms with Crippen LogP contribution in [0.1, 0.15) is 21.6 Å². The Morgan fingerprint density at radius 2 is 2.16 bits per heavy atom. The largest absolute Gasteiger partial charge is 0.350 e. The van der Waals surface area contributed by atoms with Gasteiger partial charge in [0.2, 0.25) is 0 Å². The van der Waals surface area contributed by atoms with E-state index in [1.165, 1.54) is 0 Å². The molecule has 5 nitrogen and oxygen atoms in total. The number of rotatable bonds is 5. The van der Waals surface area contributed by atoms with E-state index in [0.717, 1.165) is 17.5 Å². The highest BCUT2D eigenvalue weighted by atomic mass is 16.1. The van der Waals surface area contributed by atoms with Crippen LogP contribution < -0.4 is 11.1 Å². The van der Waals surface area contributed by atoms with Crippen LogP contribution in [0, 0.1) is 0 Å². The first kappa shape index (κ1) is 13.2. The topological polar surface area (TPSA) is 80.9 Å². The summed E-state index contributed by atoms with van der Waals surface area (Å²) in [7, 11) is 0. The predicted octanol–water partition coefficient (Wildman–Crippen LogP) is 0.908. The van der Waals surface area contributed by atoms with E-state index in [9.17, 15) is 4.79 Å². The van der Waals surface area contributed by atoms with Crippen molar-refractivity contribution in [1.29, 1.82) is 0 Å². The van der Waals surface area contributed by atoms with E-state index in [1.807, 2.05) is 12.1 Å². The predicted molar refractivity (Wildman–Crippen MR) is 72.4 cm³/mol. The second-order valence-electron chi connectivity index (χ2n) is 4.12. The maximum absolute atomic E-state index is 11.9. The van der Waals surface area contributed by atoms with E-state index < -0.39 is 0 Å². The van der Waals surface area contributed by atoms with Crippen LogP contribution in [0.5, 0.6) is 0 Å². The molecule has 2 heterocycles. The number of nitrogens with zero attached hydrogens (tertiary/aromatic N) is 2. The van der Waals surface area contributed by atoms with Gasteiger partial charge < -0.3 is 11.1 Å². The Balaban J connectivity index is 1.87. The zero-order valence-electron chi connectivity index (χ0n) is 10.5. The molecule has 2 rings (SSSR count). The first-order chi connectivity index (χ1) is 9.29. The fourth-order valence-electron chi connectivity index (χ4n) is 1.68. The number of nitrogens with one attached hydrogen (secondary N) is 1. The summed E-state index contributed by atoms with van der Waals surface area (Å²) in [4.78, 5) is 19.9. The molecule has 0 saturated carbocycles. The van der Waals surface area contributed by atoms with Gasteiger partial charge in [0.15, 0.2) is 0 Å². The molecule has 0 aliphatic heterocycles. The summed E-state index contributed by atoms with van der Waals surface area (Å²) in [6, 6.07) is 7.36. The van der Waals surface area contributed by atoms with Gasteiger partial charge in [-0.05, 0) is 35.7 Å². The molecule has 0 fully saturated rings. The molecular weight excluding hydrogens is 240 g/mol. The van der Waals surface area contributed by atoms with Gasteiger partial charge in [-0.15, -0.1) is 0 Å². The Morgan fingerprint density at radius 1 is 1.26 bits per heavy atom. The van der Waals surface area contributed by atoms with Gasteiger partial charge in [0.1, 0.15) is 5.69 Å². The van der Waals surface area contributed by atoms with Crippen LogP contribution in [0.3, 0.4) is 0 Å². The summed E-state index contributed by atoms with van der Waals surface area (Å²) in [5.41, 5.74) is 7.91. The third-order valence-electron chi connectivity index (χ3n) is 2.71. The number of carbonyl (C=O) groups excluding carboxylic acids is 1. The Labute approximate surface area is 111 Å². The minimum atomic E-state index is -0.181. The minimum absolute atomic E-state index is 0.181. The lowest BCUT2D eigenvalue weighted by Gasteiger charge is -2.05. The van der Waals surface area contributed by atoms with Crippen molar-refractivity contribution in [3.63, 3.8) is 0 Å². The van der Waals surface area contributed by atoms with Gasteiger partial charge in [0.05, 0.1) is 0 Å². The van der Waals surface area contributed by atoms with Crippen LogP contribution in [0.15, 0.2) is 42.9 Å². The van der Waals surface area contributed by atoms with Crippen LogP contribution >= 0.6 is 0 Å². The zero-order chi connectivity index (χ0) is 13.5. The Hall–Kier alpha value is -2.27. The van der Waals surface area contributed by atoms with E-state index in [0.29, 0.717) is 18.8 Å². The van der Waals surface area contributed by atoms with Gasteiger partial charge in [-0.1, -0.05) is 6.07 Å². The van der Waals surface area contributed by atoms with E-state index in [4.69, 9.17) is 5.73 Å². The van der Waals surface area contributed by atoms with Crippen molar-refractivity contribution in [2.45, 2.75) is 13.0 Å². The molecule has 0 saturated heterocycles. The summed E-state index contributed by atoms with van der Waals surface area (Å²) >= 11 is 0. The zero-order valence-corrected chi connectivity index (χ0v) is 10.5. The van der Waals surface area contributed by atoms with E-state index in [-0.39, 0.29) is 5.91 Å². The highest BCUT2D eigenvalue weighted by molar-refractivity contribution is 5.92. The van der Waals surface area contributed by atoms with Crippen LogP contribution in [0.25, 0.3) is 0 Å². The lowest BCUT2D eigenvalue weighted by atomic mass is 10.2. The Bertz CT molecular complexity index is 542. The highest BCUT2D eigenvalue weighted by Gasteiger charge is 2.06. The van der Waals surface area contributed by atoms with Crippen molar-refractivity contribution in [2.24, 2.45) is 5.73 Å². The molecule has 2 aromatic rings. The molecule has 3 N–H and O–H groups in total. The van der Waals surface area contributed by atoms with Crippen molar-refractivity contribution in [3.05, 3.63) is 59.7 Å². The second kappa shape index (κ2) is 6.61. The number of aromatic nitrogens is 2. The first-order valence-electron chi connectivity index (χ1n) is 6.11. The molecule has 0 aliphatic carbocycles. The summed E-state index contributed by atoms with van der Waals surface area (Å²) in [5.74, 6) is -0.181. The van der Waals surface area contributed by atoms with Crippen molar-refractivity contribution in [2.75, 3.05) is 6.54 Å². The second-order valence-corrected chi connectivity index (χ2v) is 4.12. The van der Waals surface area contributed by atoms with Crippen LogP contribution in [0.2, 0.25) is 0 Å². The standard InChI is InChI=1S/C14H16N4O/c15-9-12-4-6-17-13(8-12)14(19)18-7-3-11-2-1-5-16-10-11/h1-2,4-6,8,10H,3,7,9,15H2,(H,18,19). The molecule has 0 atom stereocenters. The molecule has 2 aromatic heterocycles. The van der Waals surface area contributed by atoms with Gasteiger partial charge in [0, 0.05) is 31.7 Å². The molecule has 0 radical (unpaired) electrons. The summed E-state index contributed by atoms with van der Waals surface area (Å²) in [6.45, 7) is 0.956. The van der Waals surface area contributed by atoms with Crippen molar-refractivity contribution < 1.29 is 4.79 Å². The molecule has 0 unspecified atom stereocenters. The monoisotopic (exact) mass is 256 g/mol. The maximum Gasteiger partial charge on any atom is 0.269 e. The van der Waals surface area contributed by atoms with Crippen LogP contribution in [0.4, 0.5) is 0 Å². The average Bonchev–Trinajstić information content (AvgIpc) is 2.48. The molecule has 0 aromatic carbocycles. The molecule has 1 amide bonds. The van der Waals surface area contributed by atoms with Crippen molar-refractivity contribution in [1.82, 2.24) is 15.3 Å². The molecule has 98 valence electrons. The maximum atomic E-state index is 11.9. The number of carbonyl (C=O) groups is 1. The first-order valence-corrected chi connectivity index (χ1v) is 6.11. The van der Waals surface area contributed by atoms with Crippen molar-refractivity contribution in [3.8, 4) is 0 Å². The van der Waals surface area contributed by atoms with Gasteiger partial charge in [-0.25, -0.2) is 0 Å². The smallest absolute Gasteiger partial charge is 0.269 e. The van der Waals surface area contributed by atoms with Gasteiger partial charge in [0.25, 0.3) is 5.91 Å². The van der Waals surface area contributed by atoms with Crippen LogP contribution in [-0.4, -0.2) is 22.4 Å². The fraction of sp³-hybridized carbons (Fsp3) is 0.214. The van der Waals surface area contributed by atoms with Gasteiger partial charge in [-0.2, -0.15) is 0 Å². The SMILES string of the molecule is NCc1ccnc(C(=O)NCCc2cccnc2)c1. The van der Waals surface area contributed by atoms with Crippen molar-refractivity contribution >= 4 is 5.91 Å². The lowest BCUT2D eigenvalue weighted by molar-refractivity contribution is 0.0949. The number of amides is 1.